The Kier molecular flexibility index (Phi) is 10.7. The second-order valence-corrected chi connectivity index (χ2v) is 27.9. The standard InChI is InChI=1S/C68H74BN3S/c1-63(2,3)43-25-32-59-50(37-43)61-62(73-59)69-55-31-28-49(70(45-21-17-15-18-22-45)46-23-19-16-20-24-46)42-56(55)71(47-26-29-51-53(40-47)67(11,12)35-33-65(51,7)8)57-38-44(64(4,5)6)39-58(60(57)69)72(61)48-27-30-52-54(41-48)68(13,14)36-34-66(52,9)10/h15-32,37-42H,33-36H2,1-14H3. The van der Waals surface area contributed by atoms with Gasteiger partial charge in [0.15, 0.2) is 0 Å². The van der Waals surface area contributed by atoms with Gasteiger partial charge in [0.25, 0.3) is 6.71 Å². The van der Waals surface area contributed by atoms with Crippen molar-refractivity contribution in [3.05, 3.63) is 179 Å². The Labute approximate surface area is 441 Å². The number of rotatable bonds is 5. The van der Waals surface area contributed by atoms with Crippen molar-refractivity contribution in [2.45, 2.75) is 155 Å². The highest BCUT2D eigenvalue weighted by Gasteiger charge is 2.48. The predicted molar refractivity (Wildman–Crippen MR) is 319 cm³/mol. The van der Waals surface area contributed by atoms with Gasteiger partial charge in [-0.2, -0.15) is 0 Å². The van der Waals surface area contributed by atoms with Gasteiger partial charge in [-0.3, -0.25) is 0 Å². The Balaban J connectivity index is 1.21. The maximum absolute atomic E-state index is 2.73. The van der Waals surface area contributed by atoms with Crippen molar-refractivity contribution in [1.29, 1.82) is 0 Å². The second-order valence-electron chi connectivity index (χ2n) is 26.8. The molecule has 3 nitrogen and oxygen atoms in total. The normalized spacial score (nSPS) is 17.9. The van der Waals surface area contributed by atoms with Gasteiger partial charge in [-0.05, 0) is 187 Å². The Bertz CT molecular complexity index is 3470. The van der Waals surface area contributed by atoms with Gasteiger partial charge < -0.3 is 14.7 Å². The van der Waals surface area contributed by atoms with Crippen LogP contribution in [-0.4, -0.2) is 6.71 Å². The van der Waals surface area contributed by atoms with Crippen molar-refractivity contribution in [2.75, 3.05) is 14.7 Å². The van der Waals surface area contributed by atoms with Crippen molar-refractivity contribution < 1.29 is 0 Å². The van der Waals surface area contributed by atoms with E-state index in [0.717, 1.165) is 23.5 Å². The highest BCUT2D eigenvalue weighted by molar-refractivity contribution is 7.33. The summed E-state index contributed by atoms with van der Waals surface area (Å²) in [6.07, 6.45) is 4.70. The molecule has 0 atom stereocenters. The maximum atomic E-state index is 2.73. The van der Waals surface area contributed by atoms with Gasteiger partial charge in [0.05, 0.1) is 5.69 Å². The predicted octanol–water partition coefficient (Wildman–Crippen LogP) is 17.7. The van der Waals surface area contributed by atoms with Crippen LogP contribution in [0.2, 0.25) is 0 Å². The summed E-state index contributed by atoms with van der Waals surface area (Å²) in [6.45, 7) is 34.0. The highest BCUT2D eigenvalue weighted by Crippen LogP contribution is 2.54. The van der Waals surface area contributed by atoms with E-state index in [9.17, 15) is 0 Å². The first-order valence-corrected chi connectivity index (χ1v) is 27.9. The van der Waals surface area contributed by atoms with E-state index in [1.807, 2.05) is 11.3 Å². The summed E-state index contributed by atoms with van der Waals surface area (Å²) in [6, 6.07) is 56.8. The molecule has 370 valence electrons. The highest BCUT2D eigenvalue weighted by atomic mass is 32.1. The van der Waals surface area contributed by atoms with Gasteiger partial charge >= 0.3 is 0 Å². The topological polar surface area (TPSA) is 9.72 Å². The average Bonchev–Trinajstić information content (AvgIpc) is 3.73. The van der Waals surface area contributed by atoms with E-state index in [2.05, 4.69) is 257 Å². The minimum absolute atomic E-state index is 0.00367. The number of hydrogen-bond donors (Lipinski definition) is 0. The quantitative estimate of drug-likeness (QED) is 0.159. The lowest BCUT2D eigenvalue weighted by Gasteiger charge is -2.46. The molecule has 2 aliphatic carbocycles. The Morgan fingerprint density at radius 2 is 0.945 bits per heavy atom. The molecule has 1 aromatic heterocycles. The number of anilines is 9. The fourth-order valence-electron chi connectivity index (χ4n) is 13.1. The molecule has 3 heterocycles. The molecular formula is C68H74BN3S. The number of para-hydroxylation sites is 2. The van der Waals surface area contributed by atoms with Crippen molar-refractivity contribution in [3.63, 3.8) is 0 Å². The van der Waals surface area contributed by atoms with Crippen LogP contribution >= 0.6 is 11.3 Å². The van der Waals surface area contributed by atoms with Crippen molar-refractivity contribution in [1.82, 2.24) is 0 Å². The molecular weight excluding hydrogens is 902 g/mol. The van der Waals surface area contributed by atoms with Crippen LogP contribution < -0.4 is 30.4 Å². The first-order valence-electron chi connectivity index (χ1n) is 27.1. The third-order valence-electron chi connectivity index (χ3n) is 17.9. The number of fused-ring (bicyclic) bond motifs is 8. The van der Waals surface area contributed by atoms with Gasteiger partial charge in [-0.25, -0.2) is 0 Å². The Morgan fingerprint density at radius 3 is 1.47 bits per heavy atom. The molecule has 0 unspecified atom stereocenters. The van der Waals surface area contributed by atoms with Crippen LogP contribution in [0.5, 0.6) is 0 Å². The zero-order chi connectivity index (χ0) is 51.4. The van der Waals surface area contributed by atoms with Crippen molar-refractivity contribution >= 4 is 95.0 Å². The number of thiophene rings is 1. The molecule has 0 saturated carbocycles. The first kappa shape index (κ1) is 47.9. The molecule has 7 aromatic carbocycles. The summed E-state index contributed by atoms with van der Waals surface area (Å²) in [7, 11) is 0. The molecule has 0 amide bonds. The summed E-state index contributed by atoms with van der Waals surface area (Å²) in [5.74, 6) is 0. The third-order valence-corrected chi connectivity index (χ3v) is 19.1. The van der Waals surface area contributed by atoms with E-state index in [4.69, 9.17) is 0 Å². The lowest BCUT2D eigenvalue weighted by atomic mass is 9.36. The molecule has 12 rings (SSSR count). The minimum atomic E-state index is -0.141. The zero-order valence-corrected chi connectivity index (χ0v) is 46.8. The van der Waals surface area contributed by atoms with E-state index in [1.54, 1.807) is 0 Å². The summed E-state index contributed by atoms with van der Waals surface area (Å²) < 4.78 is 2.76. The van der Waals surface area contributed by atoms with Crippen molar-refractivity contribution in [2.24, 2.45) is 0 Å². The molecule has 4 aliphatic rings. The third kappa shape index (κ3) is 7.64. The molecule has 0 bridgehead atoms. The molecule has 0 saturated heterocycles. The summed E-state index contributed by atoms with van der Waals surface area (Å²) in [5.41, 5.74) is 22.6. The van der Waals surface area contributed by atoms with Crippen LogP contribution in [0.3, 0.4) is 0 Å². The van der Waals surface area contributed by atoms with Gasteiger partial charge in [-0.15, -0.1) is 11.3 Å². The van der Waals surface area contributed by atoms with E-state index in [1.165, 1.54) is 113 Å². The van der Waals surface area contributed by atoms with Crippen LogP contribution in [0.1, 0.15) is 156 Å². The van der Waals surface area contributed by atoms with Crippen LogP contribution in [0.25, 0.3) is 10.1 Å². The fraction of sp³-hybridized carbons (Fsp3) is 0.353. The SMILES string of the molecule is CC(C)(C)c1cc2c3c(c1)N(c1ccc4c(c1)C(C)(C)CCC4(C)C)c1c(sc4ccc(C(C)(C)C)cc14)B3c1ccc(N(c3ccccc3)c3ccccc3)cc1N2c1ccc2c(c1)C(C)(C)CCC2(C)C. The molecule has 0 N–H and O–H groups in total. The lowest BCUT2D eigenvalue weighted by molar-refractivity contribution is 0.332. The van der Waals surface area contributed by atoms with Gasteiger partial charge in [0.1, 0.15) is 0 Å². The van der Waals surface area contributed by atoms with Gasteiger partial charge in [-0.1, -0.05) is 158 Å². The number of nitrogens with zero attached hydrogens (tertiary/aromatic N) is 3. The minimum Gasteiger partial charge on any atom is -0.311 e. The molecule has 0 spiro atoms. The number of benzene rings is 7. The smallest absolute Gasteiger partial charge is 0.264 e. The van der Waals surface area contributed by atoms with Crippen LogP contribution in [0.15, 0.2) is 146 Å². The van der Waals surface area contributed by atoms with E-state index >= 15 is 0 Å². The molecule has 8 aromatic rings. The lowest BCUT2D eigenvalue weighted by Crippen LogP contribution is -2.60. The Morgan fingerprint density at radius 1 is 0.452 bits per heavy atom. The molecule has 0 fully saturated rings. The first-order chi connectivity index (χ1) is 34.4. The van der Waals surface area contributed by atoms with Crippen LogP contribution in [0, 0.1) is 0 Å². The van der Waals surface area contributed by atoms with E-state index < -0.39 is 0 Å². The van der Waals surface area contributed by atoms with Gasteiger partial charge in [0.2, 0.25) is 0 Å². The number of hydrogen-bond acceptors (Lipinski definition) is 4. The van der Waals surface area contributed by atoms with E-state index in [0.29, 0.717) is 0 Å². The fourth-order valence-corrected chi connectivity index (χ4v) is 14.4. The summed E-state index contributed by atoms with van der Waals surface area (Å²) in [4.78, 5) is 7.85. The van der Waals surface area contributed by atoms with E-state index in [-0.39, 0.29) is 39.2 Å². The monoisotopic (exact) mass is 976 g/mol. The largest absolute Gasteiger partial charge is 0.311 e. The van der Waals surface area contributed by atoms with Crippen LogP contribution in [0.4, 0.5) is 51.2 Å². The molecule has 5 heteroatoms. The average molecular weight is 976 g/mol. The van der Waals surface area contributed by atoms with Crippen LogP contribution in [-0.2, 0) is 32.5 Å². The molecule has 0 radical (unpaired) electrons. The molecule has 2 aliphatic heterocycles. The second kappa shape index (κ2) is 16.2. The summed E-state index contributed by atoms with van der Waals surface area (Å²) in [5, 5.41) is 1.34. The Hall–Kier alpha value is -6.04. The van der Waals surface area contributed by atoms with Crippen molar-refractivity contribution in [3.8, 4) is 0 Å². The summed E-state index contributed by atoms with van der Waals surface area (Å²) >= 11 is 2.01. The molecule has 73 heavy (non-hydrogen) atoms. The maximum Gasteiger partial charge on any atom is 0.264 e. The zero-order valence-electron chi connectivity index (χ0n) is 46.0. The van der Waals surface area contributed by atoms with Gasteiger partial charge in [0, 0.05) is 60.4 Å².